The van der Waals surface area contributed by atoms with Crippen molar-refractivity contribution in [3.05, 3.63) is 47.0 Å². The highest BCUT2D eigenvalue weighted by molar-refractivity contribution is 7.89. The maximum Gasteiger partial charge on any atom is 0.242 e. The van der Waals surface area contributed by atoms with Crippen molar-refractivity contribution in [3.8, 4) is 10.7 Å². The van der Waals surface area contributed by atoms with Gasteiger partial charge in [0, 0.05) is 23.8 Å². The highest BCUT2D eigenvalue weighted by atomic mass is 32.2. The number of nitrogens with zero attached hydrogens (tertiary/aromatic N) is 2. The Morgan fingerprint density at radius 3 is 2.78 bits per heavy atom. The van der Waals surface area contributed by atoms with Crippen molar-refractivity contribution in [1.29, 1.82) is 0 Å². The maximum atomic E-state index is 12.6. The van der Waals surface area contributed by atoms with E-state index in [2.05, 4.69) is 9.71 Å². The molecule has 8 heteroatoms. The second kappa shape index (κ2) is 5.95. The lowest BCUT2D eigenvalue weighted by Gasteiger charge is -2.05. The van der Waals surface area contributed by atoms with Crippen molar-refractivity contribution in [1.82, 2.24) is 14.3 Å². The van der Waals surface area contributed by atoms with Gasteiger partial charge in [0.1, 0.15) is 15.7 Å². The zero-order valence-electron chi connectivity index (χ0n) is 13.0. The second-order valence-corrected chi connectivity index (χ2v) is 7.83. The summed E-state index contributed by atoms with van der Waals surface area (Å²) in [6.45, 7) is 3.82. The minimum absolute atomic E-state index is 0.120. The van der Waals surface area contributed by atoms with Crippen LogP contribution in [-0.2, 0) is 23.6 Å². The lowest BCUT2D eigenvalue weighted by molar-refractivity contribution is 0.498. The summed E-state index contributed by atoms with van der Waals surface area (Å²) in [5, 5.41) is 2.75. The largest absolute Gasteiger partial charge is 0.468 e. The summed E-state index contributed by atoms with van der Waals surface area (Å²) in [5.41, 5.74) is 2.38. The van der Waals surface area contributed by atoms with Gasteiger partial charge in [-0.05, 0) is 32.0 Å². The lowest BCUT2D eigenvalue weighted by atomic mass is 10.4. The summed E-state index contributed by atoms with van der Waals surface area (Å²) < 4.78 is 34.7. The molecule has 0 atom stereocenters. The molecule has 0 unspecified atom stereocenters. The second-order valence-electron chi connectivity index (χ2n) is 5.24. The van der Waals surface area contributed by atoms with E-state index in [1.165, 1.54) is 17.6 Å². The van der Waals surface area contributed by atoms with Gasteiger partial charge in [0.05, 0.1) is 18.5 Å². The number of furan rings is 1. The summed E-state index contributed by atoms with van der Waals surface area (Å²) in [6, 6.07) is 5.11. The first-order valence-corrected chi connectivity index (χ1v) is 9.35. The van der Waals surface area contributed by atoms with Crippen LogP contribution in [0.5, 0.6) is 0 Å². The lowest BCUT2D eigenvalue weighted by Crippen LogP contribution is -2.23. The maximum absolute atomic E-state index is 12.6. The molecule has 3 aromatic rings. The number of nitrogens with one attached hydrogen (secondary N) is 1. The minimum Gasteiger partial charge on any atom is -0.468 e. The Hall–Kier alpha value is -1.90. The van der Waals surface area contributed by atoms with Crippen molar-refractivity contribution < 1.29 is 12.8 Å². The van der Waals surface area contributed by atoms with Gasteiger partial charge in [0.2, 0.25) is 10.0 Å². The fourth-order valence-corrected chi connectivity index (χ4v) is 4.41. The summed E-state index contributed by atoms with van der Waals surface area (Å²) in [6.07, 6.45) is 1.51. The average Bonchev–Trinajstić information content (AvgIpc) is 3.21. The quantitative estimate of drug-likeness (QED) is 0.767. The Labute approximate surface area is 138 Å². The fraction of sp³-hybridized carbons (Fsp3) is 0.267. The number of hydrogen-bond acceptors (Lipinski definition) is 5. The molecule has 0 saturated heterocycles. The van der Waals surface area contributed by atoms with Gasteiger partial charge in [-0.1, -0.05) is 0 Å². The smallest absolute Gasteiger partial charge is 0.242 e. The molecule has 0 saturated carbocycles. The van der Waals surface area contributed by atoms with Crippen LogP contribution in [0.2, 0.25) is 0 Å². The summed E-state index contributed by atoms with van der Waals surface area (Å²) in [7, 11) is -1.78. The van der Waals surface area contributed by atoms with Crippen LogP contribution >= 0.6 is 11.3 Å². The van der Waals surface area contributed by atoms with E-state index in [1.807, 2.05) is 23.9 Å². The highest BCUT2D eigenvalue weighted by Gasteiger charge is 2.23. The van der Waals surface area contributed by atoms with Crippen molar-refractivity contribution >= 4 is 21.4 Å². The van der Waals surface area contributed by atoms with E-state index in [-0.39, 0.29) is 11.4 Å². The molecule has 0 spiro atoms. The number of hydrogen-bond donors (Lipinski definition) is 1. The molecule has 3 heterocycles. The van der Waals surface area contributed by atoms with E-state index in [0.717, 1.165) is 16.4 Å². The first-order chi connectivity index (χ1) is 10.9. The fourth-order valence-electron chi connectivity index (χ4n) is 2.28. The number of sulfonamides is 1. The van der Waals surface area contributed by atoms with Gasteiger partial charge in [-0.3, -0.25) is 0 Å². The highest BCUT2D eigenvalue weighted by Crippen LogP contribution is 2.29. The monoisotopic (exact) mass is 351 g/mol. The van der Waals surface area contributed by atoms with E-state index in [4.69, 9.17) is 4.42 Å². The molecule has 122 valence electrons. The van der Waals surface area contributed by atoms with Gasteiger partial charge < -0.3 is 8.98 Å². The Morgan fingerprint density at radius 1 is 1.39 bits per heavy atom. The summed E-state index contributed by atoms with van der Waals surface area (Å²) in [5.74, 6) is 0.568. The molecule has 0 fully saturated rings. The Bertz CT molecular complexity index is 921. The van der Waals surface area contributed by atoms with Gasteiger partial charge in [-0.15, -0.1) is 11.3 Å². The van der Waals surface area contributed by atoms with Crippen LogP contribution in [0, 0.1) is 13.8 Å². The van der Waals surface area contributed by atoms with Crippen molar-refractivity contribution in [2.45, 2.75) is 25.3 Å². The molecule has 0 aliphatic rings. The predicted molar refractivity (Wildman–Crippen MR) is 88.7 cm³/mol. The first kappa shape index (κ1) is 16.0. The molecule has 0 radical (unpaired) electrons. The van der Waals surface area contributed by atoms with Crippen LogP contribution in [0.3, 0.4) is 0 Å². The van der Waals surface area contributed by atoms with E-state index in [9.17, 15) is 8.42 Å². The van der Waals surface area contributed by atoms with Gasteiger partial charge >= 0.3 is 0 Å². The molecular formula is C15H17N3O3S2. The zero-order chi connectivity index (χ0) is 16.6. The van der Waals surface area contributed by atoms with E-state index in [0.29, 0.717) is 11.5 Å². The first-order valence-electron chi connectivity index (χ1n) is 6.99. The molecule has 0 amide bonds. The molecule has 0 aliphatic carbocycles. The Balaban J connectivity index is 1.93. The van der Waals surface area contributed by atoms with Crippen LogP contribution in [0.1, 0.15) is 17.1 Å². The van der Waals surface area contributed by atoms with Crippen LogP contribution in [0.15, 0.2) is 39.2 Å². The average molecular weight is 351 g/mol. The summed E-state index contributed by atoms with van der Waals surface area (Å²) >= 11 is 1.50. The number of thiazole rings is 1. The van der Waals surface area contributed by atoms with Crippen molar-refractivity contribution in [3.63, 3.8) is 0 Å². The van der Waals surface area contributed by atoms with Crippen LogP contribution in [0.25, 0.3) is 10.7 Å². The number of aryl methyl sites for hydroxylation is 1. The van der Waals surface area contributed by atoms with Crippen molar-refractivity contribution in [2.24, 2.45) is 7.05 Å². The molecular weight excluding hydrogens is 334 g/mol. The van der Waals surface area contributed by atoms with Crippen LogP contribution in [0.4, 0.5) is 0 Å². The Kier molecular flexibility index (Phi) is 4.13. The Morgan fingerprint density at radius 2 is 2.17 bits per heavy atom. The third kappa shape index (κ3) is 3.10. The predicted octanol–water partition coefficient (Wildman–Crippen LogP) is 2.84. The van der Waals surface area contributed by atoms with Gasteiger partial charge in [-0.2, -0.15) is 0 Å². The third-order valence-electron chi connectivity index (χ3n) is 3.63. The van der Waals surface area contributed by atoms with Gasteiger partial charge in [-0.25, -0.2) is 18.1 Å². The van der Waals surface area contributed by atoms with E-state index < -0.39 is 10.0 Å². The molecule has 1 N–H and O–H groups in total. The molecule has 6 nitrogen and oxygen atoms in total. The van der Waals surface area contributed by atoms with E-state index in [1.54, 1.807) is 25.1 Å². The van der Waals surface area contributed by atoms with Crippen molar-refractivity contribution in [2.75, 3.05) is 0 Å². The zero-order valence-corrected chi connectivity index (χ0v) is 14.7. The summed E-state index contributed by atoms with van der Waals surface area (Å²) in [4.78, 5) is 4.69. The molecule has 3 rings (SSSR count). The SMILES string of the molecule is Cc1csc(-c2cc(S(=O)(=O)NCc3ccco3)c(C)n2C)n1. The molecule has 0 bridgehead atoms. The van der Waals surface area contributed by atoms with Crippen LogP contribution in [-0.4, -0.2) is 18.0 Å². The van der Waals surface area contributed by atoms with Gasteiger partial charge in [0.25, 0.3) is 0 Å². The molecule has 0 aliphatic heterocycles. The topological polar surface area (TPSA) is 77.1 Å². The number of aromatic nitrogens is 2. The molecule has 0 aromatic carbocycles. The standard InChI is InChI=1S/C15H17N3O3S2/c1-10-9-22-15(17-10)13-7-14(11(2)18(13)3)23(19,20)16-8-12-5-4-6-21-12/h4-7,9,16H,8H2,1-3H3. The van der Waals surface area contributed by atoms with E-state index >= 15 is 0 Å². The normalized spacial score (nSPS) is 12.0. The minimum atomic E-state index is -3.62. The molecule has 3 aromatic heterocycles. The molecule has 23 heavy (non-hydrogen) atoms. The number of rotatable bonds is 5. The van der Waals surface area contributed by atoms with Gasteiger partial charge in [0.15, 0.2) is 0 Å². The third-order valence-corrected chi connectivity index (χ3v) is 6.13. The van der Waals surface area contributed by atoms with Crippen LogP contribution < -0.4 is 4.72 Å².